The van der Waals surface area contributed by atoms with Crippen LogP contribution in [0.25, 0.3) is 0 Å². The maximum atomic E-state index is 12.6. The maximum Gasteiger partial charge on any atom is 0.328 e. The zero-order chi connectivity index (χ0) is 20.3. The van der Waals surface area contributed by atoms with Crippen molar-refractivity contribution >= 4 is 17.3 Å². The Kier molecular flexibility index (Phi) is 5.07. The average Bonchev–Trinajstić information content (AvgIpc) is 3.18. The second-order valence-corrected chi connectivity index (χ2v) is 5.57. The zero-order valence-corrected chi connectivity index (χ0v) is 14.5. The Labute approximate surface area is 156 Å². The van der Waals surface area contributed by atoms with Crippen LogP contribution >= 0.6 is 0 Å². The molecule has 144 valence electrons. The minimum absolute atomic E-state index is 0.0443. The van der Waals surface area contributed by atoms with E-state index in [1.165, 1.54) is 25.5 Å². The van der Waals surface area contributed by atoms with Crippen molar-refractivity contribution in [2.45, 2.75) is 6.54 Å². The first-order chi connectivity index (χ1) is 13.4. The highest BCUT2D eigenvalue weighted by Crippen LogP contribution is 2.29. The number of aromatic amines is 1. The van der Waals surface area contributed by atoms with E-state index in [0.717, 1.165) is 16.8 Å². The molecule has 3 rings (SSSR count). The number of aromatic nitrogens is 2. The molecule has 0 atom stereocenters. The molecule has 11 heteroatoms. The summed E-state index contributed by atoms with van der Waals surface area (Å²) in [7, 11) is 1.28. The van der Waals surface area contributed by atoms with Crippen molar-refractivity contribution < 1.29 is 18.9 Å². The molecule has 3 aromatic rings. The van der Waals surface area contributed by atoms with Gasteiger partial charge in [-0.3, -0.25) is 24.3 Å². The number of furan rings is 1. The van der Waals surface area contributed by atoms with Gasteiger partial charge in [0.15, 0.2) is 0 Å². The van der Waals surface area contributed by atoms with E-state index in [9.17, 15) is 24.5 Å². The third kappa shape index (κ3) is 3.67. The van der Waals surface area contributed by atoms with Crippen LogP contribution in [0.2, 0.25) is 0 Å². The summed E-state index contributed by atoms with van der Waals surface area (Å²) in [6.45, 7) is -0.150. The molecule has 0 saturated heterocycles. The summed E-state index contributed by atoms with van der Waals surface area (Å²) in [5.74, 6) is -0.410. The number of nitrogens with zero attached hydrogens (tertiary/aromatic N) is 2. The second kappa shape index (κ2) is 7.61. The Morgan fingerprint density at radius 3 is 2.79 bits per heavy atom. The van der Waals surface area contributed by atoms with Crippen LogP contribution in [0, 0.1) is 10.1 Å². The van der Waals surface area contributed by atoms with Crippen LogP contribution in [-0.2, 0) is 6.54 Å². The highest BCUT2D eigenvalue weighted by molar-refractivity contribution is 6.04. The van der Waals surface area contributed by atoms with Gasteiger partial charge in [-0.25, -0.2) is 4.79 Å². The van der Waals surface area contributed by atoms with Gasteiger partial charge >= 0.3 is 5.69 Å². The number of hydrogen-bond donors (Lipinski definition) is 2. The van der Waals surface area contributed by atoms with Crippen molar-refractivity contribution in [1.82, 2.24) is 9.55 Å². The molecule has 0 spiro atoms. The number of nitro groups is 1. The lowest BCUT2D eigenvalue weighted by molar-refractivity contribution is -0.384. The molecular weight excluding hydrogens is 372 g/mol. The van der Waals surface area contributed by atoms with Crippen LogP contribution in [0.15, 0.2) is 56.8 Å². The Hall–Kier alpha value is -4.15. The molecule has 2 N–H and O–H groups in total. The zero-order valence-electron chi connectivity index (χ0n) is 14.5. The molecule has 2 aromatic heterocycles. The first-order valence-electron chi connectivity index (χ1n) is 7.89. The third-order valence-corrected chi connectivity index (χ3v) is 3.84. The van der Waals surface area contributed by atoms with Gasteiger partial charge in [0.25, 0.3) is 17.2 Å². The second-order valence-electron chi connectivity index (χ2n) is 5.57. The lowest BCUT2D eigenvalue weighted by Gasteiger charge is -2.10. The Morgan fingerprint density at radius 2 is 2.14 bits per heavy atom. The molecule has 1 aromatic carbocycles. The molecule has 28 heavy (non-hydrogen) atoms. The van der Waals surface area contributed by atoms with Crippen LogP contribution in [0.5, 0.6) is 5.75 Å². The normalized spacial score (nSPS) is 10.5. The molecule has 0 unspecified atom stereocenters. The maximum absolute atomic E-state index is 12.6. The predicted octanol–water partition coefficient (Wildman–Crippen LogP) is 1.35. The quantitative estimate of drug-likeness (QED) is 0.479. The van der Waals surface area contributed by atoms with Crippen LogP contribution in [-0.4, -0.2) is 27.5 Å². The van der Waals surface area contributed by atoms with E-state index in [4.69, 9.17) is 9.15 Å². The topological polar surface area (TPSA) is 149 Å². The number of non-ortho nitro benzene ring substituents is 1. The van der Waals surface area contributed by atoms with Gasteiger partial charge in [0, 0.05) is 12.3 Å². The predicted molar refractivity (Wildman–Crippen MR) is 96.7 cm³/mol. The number of nitro benzene ring substituents is 1. The standard InChI is InChI=1S/C17H14N4O7/c1-27-14-7-10(21(25)26)4-5-13(14)19-15(22)12-8-18-17(24)20(16(12)23)9-11-3-2-6-28-11/h2-8H,9H2,1H3,(H,18,24)(H,19,22). The number of H-pyrrole nitrogens is 1. The molecule has 0 fully saturated rings. The van der Waals surface area contributed by atoms with Crippen LogP contribution in [0.3, 0.4) is 0 Å². The average molecular weight is 386 g/mol. The highest BCUT2D eigenvalue weighted by atomic mass is 16.6. The fourth-order valence-corrected chi connectivity index (χ4v) is 2.46. The number of benzene rings is 1. The summed E-state index contributed by atoms with van der Waals surface area (Å²) in [6, 6.07) is 6.78. The van der Waals surface area contributed by atoms with Gasteiger partial charge in [-0.2, -0.15) is 0 Å². The highest BCUT2D eigenvalue weighted by Gasteiger charge is 2.18. The summed E-state index contributed by atoms with van der Waals surface area (Å²) in [4.78, 5) is 49.6. The fourth-order valence-electron chi connectivity index (χ4n) is 2.46. The molecule has 0 saturated carbocycles. The minimum atomic E-state index is -0.821. The molecule has 0 radical (unpaired) electrons. The van der Waals surface area contributed by atoms with E-state index < -0.39 is 22.1 Å². The fraction of sp³-hybridized carbons (Fsp3) is 0.118. The summed E-state index contributed by atoms with van der Waals surface area (Å²) in [5.41, 5.74) is -1.95. The van der Waals surface area contributed by atoms with Gasteiger partial charge in [-0.05, 0) is 18.2 Å². The summed E-state index contributed by atoms with van der Waals surface area (Å²) in [5, 5.41) is 13.3. The first kappa shape index (κ1) is 18.6. The van der Waals surface area contributed by atoms with E-state index in [2.05, 4.69) is 10.3 Å². The van der Waals surface area contributed by atoms with E-state index in [0.29, 0.717) is 5.76 Å². The molecule has 0 aliphatic rings. The number of carbonyl (C=O) groups is 1. The lowest BCUT2D eigenvalue weighted by Crippen LogP contribution is -2.39. The van der Waals surface area contributed by atoms with Crippen molar-refractivity contribution in [3.63, 3.8) is 0 Å². The number of nitrogens with one attached hydrogen (secondary N) is 2. The van der Waals surface area contributed by atoms with Gasteiger partial charge in [0.1, 0.15) is 17.1 Å². The van der Waals surface area contributed by atoms with Crippen molar-refractivity contribution in [3.8, 4) is 5.75 Å². The van der Waals surface area contributed by atoms with Crippen molar-refractivity contribution in [2.75, 3.05) is 12.4 Å². The van der Waals surface area contributed by atoms with Crippen molar-refractivity contribution in [1.29, 1.82) is 0 Å². The van der Waals surface area contributed by atoms with E-state index in [1.807, 2.05) is 0 Å². The number of carbonyl (C=O) groups excluding carboxylic acids is 1. The number of hydrogen-bond acceptors (Lipinski definition) is 7. The van der Waals surface area contributed by atoms with Crippen LogP contribution in [0.4, 0.5) is 11.4 Å². The molecule has 0 aliphatic carbocycles. The molecular formula is C17H14N4O7. The van der Waals surface area contributed by atoms with E-state index in [1.54, 1.807) is 12.1 Å². The molecule has 0 aliphatic heterocycles. The van der Waals surface area contributed by atoms with Crippen molar-refractivity contribution in [3.05, 3.63) is 85.1 Å². The SMILES string of the molecule is COc1cc([N+](=O)[O-])ccc1NC(=O)c1c[nH]c(=O)n(Cc2ccco2)c1=O. The molecule has 11 nitrogen and oxygen atoms in total. The Bertz CT molecular complexity index is 1150. The van der Waals surface area contributed by atoms with Gasteiger partial charge in [0.2, 0.25) is 0 Å². The molecule has 2 heterocycles. The number of methoxy groups -OCH3 is 1. The van der Waals surface area contributed by atoms with Gasteiger partial charge in [-0.15, -0.1) is 0 Å². The summed E-state index contributed by atoms with van der Waals surface area (Å²) in [6.07, 6.45) is 2.39. The number of anilines is 1. The van der Waals surface area contributed by atoms with Gasteiger partial charge < -0.3 is 19.5 Å². The lowest BCUT2D eigenvalue weighted by atomic mass is 10.2. The van der Waals surface area contributed by atoms with Crippen LogP contribution < -0.4 is 21.3 Å². The Morgan fingerprint density at radius 1 is 1.36 bits per heavy atom. The summed E-state index contributed by atoms with van der Waals surface area (Å²) < 4.78 is 11.0. The number of rotatable bonds is 6. The first-order valence-corrected chi connectivity index (χ1v) is 7.89. The Balaban J connectivity index is 1.92. The molecule has 0 bridgehead atoms. The van der Waals surface area contributed by atoms with Crippen LogP contribution in [0.1, 0.15) is 16.1 Å². The smallest absolute Gasteiger partial charge is 0.328 e. The largest absolute Gasteiger partial charge is 0.494 e. The van der Waals surface area contributed by atoms with E-state index >= 15 is 0 Å². The monoisotopic (exact) mass is 386 g/mol. The van der Waals surface area contributed by atoms with Crippen molar-refractivity contribution in [2.24, 2.45) is 0 Å². The van der Waals surface area contributed by atoms with Gasteiger partial charge in [0.05, 0.1) is 36.6 Å². The third-order valence-electron chi connectivity index (χ3n) is 3.84. The minimum Gasteiger partial charge on any atom is -0.494 e. The van der Waals surface area contributed by atoms with E-state index in [-0.39, 0.29) is 29.2 Å². The number of ether oxygens (including phenoxy) is 1. The molecule has 1 amide bonds. The summed E-state index contributed by atoms with van der Waals surface area (Å²) >= 11 is 0. The van der Waals surface area contributed by atoms with Gasteiger partial charge in [-0.1, -0.05) is 0 Å². The number of amides is 1.